The Morgan fingerprint density at radius 2 is 1.83 bits per heavy atom. The molecule has 0 aliphatic carbocycles. The van der Waals surface area contributed by atoms with Gasteiger partial charge in [0.25, 0.3) is 0 Å². The first kappa shape index (κ1) is 25.3. The molecule has 0 saturated heterocycles. The molecule has 190 valence electrons. The van der Waals surface area contributed by atoms with Crippen molar-refractivity contribution in [1.82, 2.24) is 0 Å². The van der Waals surface area contributed by atoms with Gasteiger partial charge in [-0.2, -0.15) is 0 Å². The quantitative estimate of drug-likeness (QED) is 0.441. The number of cyclic esters (lactones) is 1. The van der Waals surface area contributed by atoms with Crippen LogP contribution in [0.3, 0.4) is 0 Å². The fourth-order valence-electron chi connectivity index (χ4n) is 4.73. The number of phenolic OH excluding ortho intramolecular Hbond substituents is 2. The van der Waals surface area contributed by atoms with Crippen LogP contribution in [0.5, 0.6) is 23.0 Å². The molecule has 4 rings (SSSR count). The molecule has 0 radical (unpaired) electrons. The second-order valence-corrected chi connectivity index (χ2v) is 9.20. The molecule has 2 aliphatic heterocycles. The summed E-state index contributed by atoms with van der Waals surface area (Å²) in [5.41, 5.74) is 1.19. The summed E-state index contributed by atoms with van der Waals surface area (Å²) in [7, 11) is 1.43. The third-order valence-corrected chi connectivity index (χ3v) is 6.58. The highest BCUT2D eigenvalue weighted by atomic mass is 16.5. The molecule has 0 aromatic heterocycles. The molecular formula is C28H30O8. The van der Waals surface area contributed by atoms with Gasteiger partial charge in [-0.15, -0.1) is 0 Å². The molecule has 2 aliphatic rings. The van der Waals surface area contributed by atoms with E-state index in [0.29, 0.717) is 49.7 Å². The number of ketones is 1. The number of ether oxygens (including phenoxy) is 3. The van der Waals surface area contributed by atoms with Crippen LogP contribution in [0.2, 0.25) is 0 Å². The van der Waals surface area contributed by atoms with Crippen molar-refractivity contribution in [3.8, 4) is 23.0 Å². The maximum absolute atomic E-state index is 13.3. The van der Waals surface area contributed by atoms with Crippen LogP contribution in [0.25, 0.3) is 6.08 Å². The number of fused-ring (bicyclic) bond motifs is 2. The van der Waals surface area contributed by atoms with Gasteiger partial charge in [0.2, 0.25) is 0 Å². The topological polar surface area (TPSA) is 119 Å². The van der Waals surface area contributed by atoms with Crippen molar-refractivity contribution in [2.24, 2.45) is 0 Å². The number of carbonyl (C=O) groups is 3. The SMILES string of the molecule is COc1ccc(C2CC(=O)Oc3cc4c(c(O)c32)C(=O)OC(C)CCCC(=O)CCCC=C4)cc1O. The van der Waals surface area contributed by atoms with E-state index in [1.807, 2.05) is 6.08 Å². The normalized spacial score (nSPS) is 21.0. The van der Waals surface area contributed by atoms with Crippen LogP contribution in [-0.2, 0) is 14.3 Å². The number of methoxy groups -OCH3 is 1. The Balaban J connectivity index is 1.81. The second-order valence-electron chi connectivity index (χ2n) is 9.20. The lowest BCUT2D eigenvalue weighted by Crippen LogP contribution is -2.23. The number of carbonyl (C=O) groups excluding carboxylic acids is 3. The molecule has 2 unspecified atom stereocenters. The second kappa shape index (κ2) is 10.8. The minimum atomic E-state index is -0.695. The third kappa shape index (κ3) is 5.37. The van der Waals surface area contributed by atoms with Crippen LogP contribution >= 0.6 is 0 Å². The summed E-state index contributed by atoms with van der Waals surface area (Å²) in [5.74, 6) is -1.67. The summed E-state index contributed by atoms with van der Waals surface area (Å²) in [6.45, 7) is 1.75. The molecule has 8 nitrogen and oxygen atoms in total. The van der Waals surface area contributed by atoms with Crippen LogP contribution in [-0.4, -0.2) is 41.1 Å². The largest absolute Gasteiger partial charge is 0.507 e. The Labute approximate surface area is 209 Å². The van der Waals surface area contributed by atoms with Gasteiger partial charge < -0.3 is 24.4 Å². The highest BCUT2D eigenvalue weighted by Gasteiger charge is 2.35. The summed E-state index contributed by atoms with van der Waals surface area (Å²) in [4.78, 5) is 37.8. The molecule has 2 aromatic carbocycles. The van der Waals surface area contributed by atoms with Crippen LogP contribution < -0.4 is 9.47 Å². The zero-order chi connectivity index (χ0) is 25.8. The van der Waals surface area contributed by atoms with E-state index in [1.165, 1.54) is 13.2 Å². The molecule has 0 bridgehead atoms. The number of Topliss-reactive ketones (excluding diaryl/α,β-unsaturated/α-hetero) is 1. The van der Waals surface area contributed by atoms with E-state index < -0.39 is 24.0 Å². The van der Waals surface area contributed by atoms with E-state index >= 15 is 0 Å². The maximum Gasteiger partial charge on any atom is 0.342 e. The number of allylic oxidation sites excluding steroid dienone is 1. The summed E-state index contributed by atoms with van der Waals surface area (Å²) in [5, 5.41) is 21.7. The van der Waals surface area contributed by atoms with Gasteiger partial charge in [-0.25, -0.2) is 4.79 Å². The van der Waals surface area contributed by atoms with Gasteiger partial charge >= 0.3 is 11.9 Å². The number of esters is 2. The maximum atomic E-state index is 13.3. The van der Waals surface area contributed by atoms with Gasteiger partial charge in [0.15, 0.2) is 11.5 Å². The monoisotopic (exact) mass is 494 g/mol. The van der Waals surface area contributed by atoms with Gasteiger partial charge in [-0.05, 0) is 61.9 Å². The Bertz CT molecular complexity index is 1210. The van der Waals surface area contributed by atoms with Gasteiger partial charge in [-0.1, -0.05) is 18.2 Å². The van der Waals surface area contributed by atoms with Gasteiger partial charge in [0.1, 0.15) is 22.8 Å². The predicted octanol–water partition coefficient (Wildman–Crippen LogP) is 5.03. The van der Waals surface area contributed by atoms with Crippen LogP contribution in [0, 0.1) is 0 Å². The molecule has 0 saturated carbocycles. The van der Waals surface area contributed by atoms with E-state index in [1.54, 1.807) is 31.2 Å². The van der Waals surface area contributed by atoms with E-state index in [4.69, 9.17) is 14.2 Å². The predicted molar refractivity (Wildman–Crippen MR) is 131 cm³/mol. The number of hydrogen-bond donors (Lipinski definition) is 2. The highest BCUT2D eigenvalue weighted by Crippen LogP contribution is 2.48. The number of hydrogen-bond acceptors (Lipinski definition) is 8. The van der Waals surface area contributed by atoms with E-state index in [2.05, 4.69) is 0 Å². The molecular weight excluding hydrogens is 464 g/mol. The molecule has 0 spiro atoms. The fraction of sp³-hybridized carbons (Fsp3) is 0.393. The molecule has 36 heavy (non-hydrogen) atoms. The smallest absolute Gasteiger partial charge is 0.342 e. The van der Waals surface area contributed by atoms with Crippen molar-refractivity contribution in [2.45, 2.75) is 63.9 Å². The lowest BCUT2D eigenvalue weighted by Gasteiger charge is -2.28. The molecule has 2 N–H and O–H groups in total. The van der Waals surface area contributed by atoms with Gasteiger partial charge in [-0.3, -0.25) is 9.59 Å². The minimum Gasteiger partial charge on any atom is -0.507 e. The highest BCUT2D eigenvalue weighted by molar-refractivity contribution is 5.98. The number of aromatic hydroxyl groups is 2. The summed E-state index contributed by atoms with van der Waals surface area (Å²) < 4.78 is 16.2. The average molecular weight is 495 g/mol. The van der Waals surface area contributed by atoms with Crippen molar-refractivity contribution in [1.29, 1.82) is 0 Å². The average Bonchev–Trinajstić information content (AvgIpc) is 2.82. The zero-order valence-electron chi connectivity index (χ0n) is 20.4. The van der Waals surface area contributed by atoms with Crippen molar-refractivity contribution in [3.63, 3.8) is 0 Å². The van der Waals surface area contributed by atoms with Crippen LogP contribution in [0.4, 0.5) is 0 Å². The van der Waals surface area contributed by atoms with E-state index in [0.717, 1.165) is 0 Å². The molecule has 0 fully saturated rings. The lowest BCUT2D eigenvalue weighted by atomic mass is 9.83. The Morgan fingerprint density at radius 3 is 2.58 bits per heavy atom. The number of phenols is 2. The van der Waals surface area contributed by atoms with E-state index in [-0.39, 0.29) is 46.3 Å². The summed E-state index contributed by atoms with van der Waals surface area (Å²) in [6.07, 6.45) is 6.33. The molecule has 2 aromatic rings. The van der Waals surface area contributed by atoms with Crippen LogP contribution in [0.15, 0.2) is 30.3 Å². The van der Waals surface area contributed by atoms with Crippen molar-refractivity contribution >= 4 is 23.8 Å². The molecule has 0 amide bonds. The number of rotatable bonds is 2. The van der Waals surface area contributed by atoms with Gasteiger partial charge in [0, 0.05) is 24.3 Å². The van der Waals surface area contributed by atoms with Crippen LogP contribution in [0.1, 0.15) is 84.8 Å². The third-order valence-electron chi connectivity index (χ3n) is 6.58. The van der Waals surface area contributed by atoms with Crippen molar-refractivity contribution in [2.75, 3.05) is 7.11 Å². The zero-order valence-corrected chi connectivity index (χ0v) is 20.4. The Kier molecular flexibility index (Phi) is 7.62. The van der Waals surface area contributed by atoms with Crippen molar-refractivity contribution < 1.29 is 38.8 Å². The standard InChI is InChI=1S/C28H30O8/c1-16-7-6-10-19(29)9-5-3-4-8-18-14-23-26(27(32)25(18)28(33)35-16)20(15-24(31)36-23)17-11-12-22(34-2)21(30)13-17/h4,8,11-14,16,20,30,32H,3,5-7,9-10,15H2,1-2H3. The van der Waals surface area contributed by atoms with Gasteiger partial charge in [0.05, 0.1) is 19.6 Å². The van der Waals surface area contributed by atoms with E-state index in [9.17, 15) is 24.6 Å². The molecule has 2 atom stereocenters. The fourth-order valence-corrected chi connectivity index (χ4v) is 4.73. The molecule has 8 heteroatoms. The summed E-state index contributed by atoms with van der Waals surface area (Å²) in [6, 6.07) is 6.29. The minimum absolute atomic E-state index is 0.00864. The lowest BCUT2D eigenvalue weighted by molar-refractivity contribution is -0.135. The molecule has 2 heterocycles. The first-order valence-corrected chi connectivity index (χ1v) is 12.1. The first-order valence-electron chi connectivity index (χ1n) is 12.1. The first-order chi connectivity index (χ1) is 17.3. The van der Waals surface area contributed by atoms with Crippen molar-refractivity contribution in [3.05, 3.63) is 52.6 Å². The Morgan fingerprint density at radius 1 is 1.06 bits per heavy atom. The number of benzene rings is 2. The summed E-state index contributed by atoms with van der Waals surface area (Å²) >= 11 is 0. The Hall–Kier alpha value is -3.81.